The van der Waals surface area contributed by atoms with Crippen LogP contribution in [0.15, 0.2) is 58.8 Å². The van der Waals surface area contributed by atoms with Gasteiger partial charge in [-0.1, -0.05) is 31.2 Å². The highest BCUT2D eigenvalue weighted by Gasteiger charge is 2.32. The van der Waals surface area contributed by atoms with Gasteiger partial charge < -0.3 is 4.90 Å². The molecular weight excluding hydrogens is 446 g/mol. The van der Waals surface area contributed by atoms with Crippen LogP contribution in [0.1, 0.15) is 36.6 Å². The number of nitro groups is 1. The summed E-state index contributed by atoms with van der Waals surface area (Å²) in [5.74, 6) is 0. The highest BCUT2D eigenvalue weighted by atomic mass is 32.2. The minimum absolute atomic E-state index is 0.111. The summed E-state index contributed by atoms with van der Waals surface area (Å²) in [6.07, 6.45) is 2.82. The number of nitro benzene ring substituents is 1. The average Bonchev–Trinajstić information content (AvgIpc) is 3.28. The lowest BCUT2D eigenvalue weighted by Gasteiger charge is -2.31. The molecule has 4 rings (SSSR count). The number of piperidine rings is 1. The van der Waals surface area contributed by atoms with E-state index in [-0.39, 0.29) is 10.6 Å². The molecule has 1 aliphatic heterocycles. The Hall–Kier alpha value is -2.78. The molecule has 0 radical (unpaired) electrons. The lowest BCUT2D eigenvalue weighted by atomic mass is 10.1. The fraction of sp³-hybridized carbons (Fsp3) is 0.348. The number of hydrogen-bond acceptors (Lipinski definition) is 7. The molecule has 0 atom stereocenters. The van der Waals surface area contributed by atoms with Crippen molar-refractivity contribution in [3.8, 4) is 0 Å². The quantitative estimate of drug-likeness (QED) is 0.368. The fourth-order valence-corrected chi connectivity index (χ4v) is 6.54. The van der Waals surface area contributed by atoms with E-state index in [1.807, 2.05) is 0 Å². The van der Waals surface area contributed by atoms with E-state index < -0.39 is 20.0 Å². The molecule has 32 heavy (non-hydrogen) atoms. The third kappa shape index (κ3) is 4.83. The lowest BCUT2D eigenvalue weighted by Crippen LogP contribution is -2.39. The normalized spacial score (nSPS) is 15.1. The minimum atomic E-state index is -3.52. The molecular formula is C23H25N3O4S2. The number of nitrogens with zero attached hydrogens (tertiary/aromatic N) is 3. The Morgan fingerprint density at radius 3 is 2.28 bits per heavy atom. The molecule has 0 spiro atoms. The van der Waals surface area contributed by atoms with Gasteiger partial charge in [-0.2, -0.15) is 0 Å². The van der Waals surface area contributed by atoms with Gasteiger partial charge >= 0.3 is 0 Å². The Labute approximate surface area is 191 Å². The molecule has 2 heterocycles. The first-order valence-corrected chi connectivity index (χ1v) is 13.0. The average molecular weight is 472 g/mol. The van der Waals surface area contributed by atoms with Crippen LogP contribution in [0.3, 0.4) is 0 Å². The van der Waals surface area contributed by atoms with E-state index in [1.54, 1.807) is 11.3 Å². The predicted molar refractivity (Wildman–Crippen MR) is 126 cm³/mol. The van der Waals surface area contributed by atoms with Gasteiger partial charge in [0.1, 0.15) is 0 Å². The van der Waals surface area contributed by atoms with Crippen LogP contribution in [-0.4, -0.2) is 36.7 Å². The Balaban J connectivity index is 1.37. The first-order valence-electron chi connectivity index (χ1n) is 10.6. The first kappa shape index (κ1) is 22.4. The number of hydrogen-bond donors (Lipinski definition) is 0. The van der Waals surface area contributed by atoms with Gasteiger partial charge in [-0.05, 0) is 42.5 Å². The molecule has 0 saturated carbocycles. The van der Waals surface area contributed by atoms with E-state index in [1.165, 1.54) is 35.4 Å². The Morgan fingerprint density at radius 1 is 1.06 bits per heavy atom. The van der Waals surface area contributed by atoms with Gasteiger partial charge in [0.05, 0.1) is 20.8 Å². The topological polar surface area (TPSA) is 93.4 Å². The number of aryl methyl sites for hydroxylation is 1. The van der Waals surface area contributed by atoms with Gasteiger partial charge in [-0.15, -0.1) is 11.3 Å². The summed E-state index contributed by atoms with van der Waals surface area (Å²) in [7, 11) is -3.52. The zero-order chi connectivity index (χ0) is 22.7. The second kappa shape index (κ2) is 9.38. The third-order valence-corrected chi connectivity index (χ3v) is 9.11. The van der Waals surface area contributed by atoms with E-state index >= 15 is 0 Å². The van der Waals surface area contributed by atoms with E-state index in [4.69, 9.17) is 4.98 Å². The Kier molecular flexibility index (Phi) is 6.57. The van der Waals surface area contributed by atoms with E-state index in [9.17, 15) is 18.5 Å². The van der Waals surface area contributed by atoms with E-state index in [0.717, 1.165) is 23.7 Å². The second-order valence-electron chi connectivity index (χ2n) is 7.95. The molecule has 1 fully saturated rings. The number of rotatable bonds is 7. The maximum Gasteiger partial charge on any atom is 0.269 e. The monoisotopic (exact) mass is 471 g/mol. The summed E-state index contributed by atoms with van der Waals surface area (Å²) in [6, 6.07) is 13.8. The van der Waals surface area contributed by atoms with Crippen LogP contribution < -0.4 is 4.90 Å². The SMILES string of the molecule is CCc1ccc(Cc2csc(N3CCC(S(=O)(=O)c4ccc([N+](=O)[O-])cc4)CC3)n2)cc1. The molecule has 9 heteroatoms. The standard InChI is InChI=1S/C23H25N3O4S2/c1-2-17-3-5-18(6-4-17)15-19-16-31-23(24-19)25-13-11-22(12-14-25)32(29,30)21-9-7-20(8-10-21)26(27)28/h3-10,16,22H,2,11-15H2,1H3. The predicted octanol–water partition coefficient (Wildman–Crippen LogP) is 4.65. The third-order valence-electron chi connectivity index (χ3n) is 5.88. The van der Waals surface area contributed by atoms with Crippen LogP contribution in [0.5, 0.6) is 0 Å². The minimum Gasteiger partial charge on any atom is -0.348 e. The summed E-state index contributed by atoms with van der Waals surface area (Å²) < 4.78 is 25.9. The van der Waals surface area contributed by atoms with E-state index in [2.05, 4.69) is 41.5 Å². The molecule has 0 amide bonds. The smallest absolute Gasteiger partial charge is 0.269 e. The molecule has 0 aliphatic carbocycles. The van der Waals surface area contributed by atoms with Gasteiger partial charge in [0.25, 0.3) is 5.69 Å². The molecule has 1 aliphatic rings. The highest BCUT2D eigenvalue weighted by Crippen LogP contribution is 2.30. The van der Waals surface area contributed by atoms with Crippen molar-refractivity contribution in [2.75, 3.05) is 18.0 Å². The summed E-state index contributed by atoms with van der Waals surface area (Å²) in [5.41, 5.74) is 3.46. The van der Waals surface area contributed by atoms with Crippen molar-refractivity contribution < 1.29 is 13.3 Å². The molecule has 0 N–H and O–H groups in total. The van der Waals surface area contributed by atoms with Gasteiger partial charge in [-0.25, -0.2) is 13.4 Å². The van der Waals surface area contributed by atoms with Gasteiger partial charge in [0, 0.05) is 37.0 Å². The van der Waals surface area contributed by atoms with Gasteiger partial charge in [-0.3, -0.25) is 10.1 Å². The molecule has 0 bridgehead atoms. The molecule has 168 valence electrons. The Bertz CT molecular complexity index is 1180. The van der Waals surface area contributed by atoms with Crippen molar-refractivity contribution in [3.63, 3.8) is 0 Å². The first-order chi connectivity index (χ1) is 15.4. The maximum atomic E-state index is 13.0. The van der Waals surface area contributed by atoms with E-state index in [0.29, 0.717) is 25.9 Å². The molecule has 7 nitrogen and oxygen atoms in total. The number of non-ortho nitro benzene ring substituents is 1. The largest absolute Gasteiger partial charge is 0.348 e. The molecule has 3 aromatic rings. The Morgan fingerprint density at radius 2 is 1.69 bits per heavy atom. The van der Waals surface area contributed by atoms with Gasteiger partial charge in [0.2, 0.25) is 0 Å². The van der Waals surface area contributed by atoms with Crippen LogP contribution in [0, 0.1) is 10.1 Å². The van der Waals surface area contributed by atoms with Crippen LogP contribution in [-0.2, 0) is 22.7 Å². The summed E-state index contributed by atoms with van der Waals surface area (Å²) >= 11 is 1.59. The van der Waals surface area contributed by atoms with Crippen molar-refractivity contribution in [2.24, 2.45) is 0 Å². The molecule has 0 unspecified atom stereocenters. The summed E-state index contributed by atoms with van der Waals surface area (Å²) in [6.45, 7) is 3.38. The van der Waals surface area contributed by atoms with Crippen LogP contribution in [0.4, 0.5) is 10.8 Å². The molecule has 2 aromatic carbocycles. The number of anilines is 1. The van der Waals surface area contributed by atoms with Crippen molar-refractivity contribution in [1.82, 2.24) is 4.98 Å². The number of thiazole rings is 1. The lowest BCUT2D eigenvalue weighted by molar-refractivity contribution is -0.384. The van der Waals surface area contributed by atoms with Crippen molar-refractivity contribution in [3.05, 3.63) is 80.8 Å². The summed E-state index contributed by atoms with van der Waals surface area (Å²) in [4.78, 5) is 17.3. The maximum absolute atomic E-state index is 13.0. The molecule has 1 saturated heterocycles. The number of aromatic nitrogens is 1. The summed E-state index contributed by atoms with van der Waals surface area (Å²) in [5, 5.41) is 13.3. The van der Waals surface area contributed by atoms with Gasteiger partial charge in [0.15, 0.2) is 15.0 Å². The second-order valence-corrected chi connectivity index (χ2v) is 11.0. The van der Waals surface area contributed by atoms with Crippen molar-refractivity contribution in [1.29, 1.82) is 0 Å². The van der Waals surface area contributed by atoms with Crippen molar-refractivity contribution in [2.45, 2.75) is 42.8 Å². The zero-order valence-electron chi connectivity index (χ0n) is 17.8. The van der Waals surface area contributed by atoms with Crippen molar-refractivity contribution >= 4 is 32.0 Å². The zero-order valence-corrected chi connectivity index (χ0v) is 19.4. The van der Waals surface area contributed by atoms with Crippen LogP contribution >= 0.6 is 11.3 Å². The van der Waals surface area contributed by atoms with Crippen LogP contribution in [0.2, 0.25) is 0 Å². The van der Waals surface area contributed by atoms with Crippen LogP contribution in [0.25, 0.3) is 0 Å². The fourth-order valence-electron chi connectivity index (χ4n) is 3.93. The highest BCUT2D eigenvalue weighted by molar-refractivity contribution is 7.92. The number of benzene rings is 2. The molecule has 1 aromatic heterocycles. The number of sulfone groups is 1.